The maximum atomic E-state index is 12.2. The van der Waals surface area contributed by atoms with Gasteiger partial charge >= 0.3 is 0 Å². The van der Waals surface area contributed by atoms with E-state index in [1.807, 2.05) is 6.92 Å². The largest absolute Gasteiger partial charge is 0.396 e. The summed E-state index contributed by atoms with van der Waals surface area (Å²) < 4.78 is 25.5. The Kier molecular flexibility index (Phi) is 3.49. The molecule has 0 unspecified atom stereocenters. The molecule has 0 aliphatic rings. The summed E-state index contributed by atoms with van der Waals surface area (Å²) in [7, 11) is -3.58. The first-order valence-corrected chi connectivity index (χ1v) is 6.94. The molecular weight excluding hydrogens is 252 g/mol. The highest BCUT2D eigenvalue weighted by atomic mass is 32.2. The molecule has 1 heterocycles. The lowest BCUT2D eigenvalue weighted by Gasteiger charge is -2.04. The molecule has 0 aliphatic carbocycles. The fourth-order valence-electron chi connectivity index (χ4n) is 1.55. The quantitative estimate of drug-likeness (QED) is 0.894. The Hall–Kier alpha value is -1.66. The standard InChI is InChI=1S/C12H14N2O3S/c1-10-2-4-12(5-3-10)18(16,17)14-8-11(6-7-15)13-9-14/h2-5,8-9,15H,6-7H2,1H3. The van der Waals surface area contributed by atoms with Crippen molar-refractivity contribution in [1.82, 2.24) is 8.96 Å². The molecule has 18 heavy (non-hydrogen) atoms. The first kappa shape index (κ1) is 12.8. The summed E-state index contributed by atoms with van der Waals surface area (Å²) in [6.07, 6.45) is 3.02. The number of hydrogen-bond acceptors (Lipinski definition) is 4. The van der Waals surface area contributed by atoms with E-state index in [4.69, 9.17) is 5.11 Å². The molecule has 96 valence electrons. The maximum Gasteiger partial charge on any atom is 0.268 e. The lowest BCUT2D eigenvalue weighted by Crippen LogP contribution is -2.10. The monoisotopic (exact) mass is 266 g/mol. The van der Waals surface area contributed by atoms with Crippen LogP contribution in [0.5, 0.6) is 0 Å². The lowest BCUT2D eigenvalue weighted by atomic mass is 10.2. The third-order valence-corrected chi connectivity index (χ3v) is 4.20. The van der Waals surface area contributed by atoms with Gasteiger partial charge < -0.3 is 5.11 Å². The maximum absolute atomic E-state index is 12.2. The molecule has 2 rings (SSSR count). The number of nitrogens with zero attached hydrogens (tertiary/aromatic N) is 2. The second-order valence-corrected chi connectivity index (χ2v) is 5.83. The van der Waals surface area contributed by atoms with E-state index < -0.39 is 10.0 Å². The Bertz CT molecular complexity index is 630. The van der Waals surface area contributed by atoms with Gasteiger partial charge in [0.15, 0.2) is 0 Å². The summed E-state index contributed by atoms with van der Waals surface area (Å²) >= 11 is 0. The van der Waals surface area contributed by atoms with Gasteiger partial charge in [-0.1, -0.05) is 17.7 Å². The second-order valence-electron chi connectivity index (χ2n) is 3.99. The molecule has 0 amide bonds. The van der Waals surface area contributed by atoms with Gasteiger partial charge in [0.25, 0.3) is 10.0 Å². The molecule has 2 aromatic rings. The van der Waals surface area contributed by atoms with Gasteiger partial charge in [0, 0.05) is 19.2 Å². The fraction of sp³-hybridized carbons (Fsp3) is 0.250. The van der Waals surface area contributed by atoms with Crippen LogP contribution in [-0.2, 0) is 16.4 Å². The van der Waals surface area contributed by atoms with Crippen molar-refractivity contribution in [3.8, 4) is 0 Å². The summed E-state index contributed by atoms with van der Waals surface area (Å²) in [4.78, 5) is 4.16. The molecule has 5 nitrogen and oxygen atoms in total. The van der Waals surface area contributed by atoms with Crippen molar-refractivity contribution in [2.24, 2.45) is 0 Å². The smallest absolute Gasteiger partial charge is 0.268 e. The molecule has 0 spiro atoms. The zero-order chi connectivity index (χ0) is 13.2. The van der Waals surface area contributed by atoms with Crippen molar-refractivity contribution in [3.63, 3.8) is 0 Å². The van der Waals surface area contributed by atoms with Crippen LogP contribution in [0.4, 0.5) is 0 Å². The van der Waals surface area contributed by atoms with Gasteiger partial charge in [0.1, 0.15) is 6.33 Å². The van der Waals surface area contributed by atoms with E-state index in [0.717, 1.165) is 9.54 Å². The summed E-state index contributed by atoms with van der Waals surface area (Å²) in [6, 6.07) is 6.63. The van der Waals surface area contributed by atoms with E-state index in [1.54, 1.807) is 24.3 Å². The van der Waals surface area contributed by atoms with E-state index in [0.29, 0.717) is 12.1 Å². The topological polar surface area (TPSA) is 72.2 Å². The second kappa shape index (κ2) is 4.91. The molecule has 1 N–H and O–H groups in total. The molecule has 0 bridgehead atoms. The van der Waals surface area contributed by atoms with Crippen LogP contribution in [0.2, 0.25) is 0 Å². The van der Waals surface area contributed by atoms with E-state index in [9.17, 15) is 8.42 Å². The van der Waals surface area contributed by atoms with Gasteiger partial charge in [-0.25, -0.2) is 17.4 Å². The molecule has 0 fully saturated rings. The Morgan fingerprint density at radius 3 is 2.56 bits per heavy atom. The van der Waals surface area contributed by atoms with Crippen LogP contribution in [0.1, 0.15) is 11.3 Å². The predicted molar refractivity (Wildman–Crippen MR) is 66.8 cm³/mol. The zero-order valence-corrected chi connectivity index (χ0v) is 10.8. The van der Waals surface area contributed by atoms with E-state index in [2.05, 4.69) is 4.98 Å². The van der Waals surface area contributed by atoms with Crippen molar-refractivity contribution in [2.45, 2.75) is 18.2 Å². The average molecular weight is 266 g/mol. The molecule has 1 aromatic carbocycles. The van der Waals surface area contributed by atoms with Crippen LogP contribution >= 0.6 is 0 Å². The van der Waals surface area contributed by atoms with Crippen molar-refractivity contribution >= 4 is 10.0 Å². The molecule has 6 heteroatoms. The molecular formula is C12H14N2O3S. The molecule has 0 atom stereocenters. The third-order valence-electron chi connectivity index (χ3n) is 2.58. The minimum Gasteiger partial charge on any atom is -0.396 e. The SMILES string of the molecule is Cc1ccc(S(=O)(=O)n2cnc(CCO)c2)cc1. The Labute approximate surface area is 106 Å². The van der Waals surface area contributed by atoms with E-state index in [1.165, 1.54) is 12.5 Å². The third kappa shape index (κ3) is 2.44. The molecule has 0 aliphatic heterocycles. The summed E-state index contributed by atoms with van der Waals surface area (Å²) in [6.45, 7) is 1.84. The molecule has 0 radical (unpaired) electrons. The van der Waals surface area contributed by atoms with Crippen molar-refractivity contribution in [1.29, 1.82) is 0 Å². The van der Waals surface area contributed by atoms with E-state index in [-0.39, 0.29) is 11.5 Å². The van der Waals surface area contributed by atoms with E-state index >= 15 is 0 Å². The van der Waals surface area contributed by atoms with Crippen molar-refractivity contribution in [2.75, 3.05) is 6.61 Å². The highest BCUT2D eigenvalue weighted by molar-refractivity contribution is 7.90. The van der Waals surface area contributed by atoms with Crippen LogP contribution in [-0.4, -0.2) is 29.1 Å². The number of hydrogen-bond donors (Lipinski definition) is 1. The number of aliphatic hydroxyl groups excluding tert-OH is 1. The summed E-state index contributed by atoms with van der Waals surface area (Å²) in [5, 5.41) is 8.78. The first-order valence-electron chi connectivity index (χ1n) is 5.50. The van der Waals surface area contributed by atoms with Crippen LogP contribution in [0.25, 0.3) is 0 Å². The average Bonchev–Trinajstić information content (AvgIpc) is 2.79. The summed E-state index contributed by atoms with van der Waals surface area (Å²) in [5.41, 5.74) is 1.55. The minimum atomic E-state index is -3.58. The lowest BCUT2D eigenvalue weighted by molar-refractivity contribution is 0.298. The van der Waals surface area contributed by atoms with Crippen LogP contribution < -0.4 is 0 Å². The minimum absolute atomic E-state index is 0.0540. The number of imidazole rings is 1. The molecule has 0 saturated carbocycles. The normalized spacial score (nSPS) is 11.7. The Morgan fingerprint density at radius 1 is 1.28 bits per heavy atom. The van der Waals surface area contributed by atoms with Gasteiger partial charge in [-0.05, 0) is 19.1 Å². The number of aryl methyl sites for hydroxylation is 1. The zero-order valence-electron chi connectivity index (χ0n) is 9.94. The van der Waals surface area contributed by atoms with Crippen LogP contribution in [0, 0.1) is 6.92 Å². The number of aromatic nitrogens is 2. The molecule has 0 saturated heterocycles. The van der Waals surface area contributed by atoms with Crippen molar-refractivity contribution < 1.29 is 13.5 Å². The van der Waals surface area contributed by atoms with Gasteiger partial charge in [0.05, 0.1) is 10.6 Å². The van der Waals surface area contributed by atoms with Crippen molar-refractivity contribution in [3.05, 3.63) is 48.0 Å². The Balaban J connectivity index is 2.38. The van der Waals surface area contributed by atoms with Crippen LogP contribution in [0.15, 0.2) is 41.7 Å². The number of aliphatic hydroxyl groups is 1. The van der Waals surface area contributed by atoms with Gasteiger partial charge in [-0.2, -0.15) is 0 Å². The fourth-order valence-corrected chi connectivity index (χ4v) is 2.71. The summed E-state index contributed by atoms with van der Waals surface area (Å²) in [5.74, 6) is 0. The predicted octanol–water partition coefficient (Wildman–Crippen LogP) is 0.963. The highest BCUT2D eigenvalue weighted by Gasteiger charge is 2.16. The number of benzene rings is 1. The molecule has 1 aromatic heterocycles. The van der Waals surface area contributed by atoms with Gasteiger partial charge in [0.2, 0.25) is 0 Å². The van der Waals surface area contributed by atoms with Gasteiger partial charge in [-0.15, -0.1) is 0 Å². The van der Waals surface area contributed by atoms with Crippen LogP contribution in [0.3, 0.4) is 0 Å². The first-order chi connectivity index (χ1) is 8.54. The Morgan fingerprint density at radius 2 is 1.94 bits per heavy atom. The number of rotatable bonds is 4. The highest BCUT2D eigenvalue weighted by Crippen LogP contribution is 2.14. The van der Waals surface area contributed by atoms with Gasteiger partial charge in [-0.3, -0.25) is 0 Å².